The van der Waals surface area contributed by atoms with Crippen molar-refractivity contribution in [3.63, 3.8) is 0 Å². The number of rotatable bonds is 35. The molecule has 0 amide bonds. The first kappa shape index (κ1) is 44.5. The highest BCUT2D eigenvalue weighted by atomic mass is 31.2. The number of unbranched alkanes of at least 4 members (excludes halogenated alkanes) is 24. The van der Waals surface area contributed by atoms with Crippen molar-refractivity contribution in [3.05, 3.63) is 24.3 Å². The van der Waals surface area contributed by atoms with Crippen molar-refractivity contribution in [2.24, 2.45) is 0 Å². The largest absolute Gasteiger partial charge is 0.405 e. The maximum atomic E-state index is 12.2. The Kier molecular flexibility index (Phi) is 31.7. The molecular weight excluding hydrogens is 585 g/mol. The van der Waals surface area contributed by atoms with E-state index in [0.717, 1.165) is 32.1 Å². The fourth-order valence-electron chi connectivity index (χ4n) is 5.59. The molecule has 0 heterocycles. The number of aliphatic hydroxyl groups is 3. The maximum Gasteiger partial charge on any atom is 0.405 e. The van der Waals surface area contributed by atoms with Crippen LogP contribution in [0.25, 0.3) is 0 Å². The number of nitrogens with one attached hydrogen (secondary N) is 1. The molecule has 3 atom stereocenters. The monoisotopic (exact) mass is 660 g/mol. The average molecular weight is 660 g/mol. The molecule has 0 aromatic carbocycles. The van der Waals surface area contributed by atoms with E-state index in [1.54, 1.807) is 0 Å². The van der Waals surface area contributed by atoms with Gasteiger partial charge >= 0.3 is 7.75 Å². The first-order chi connectivity index (χ1) is 21.8. The molecule has 0 saturated heterocycles. The Morgan fingerprint density at radius 3 is 1.42 bits per heavy atom. The summed E-state index contributed by atoms with van der Waals surface area (Å²) in [7, 11) is -4.39. The van der Waals surface area contributed by atoms with Crippen LogP contribution in [-0.4, -0.2) is 45.3 Å². The van der Waals surface area contributed by atoms with Crippen molar-refractivity contribution < 1.29 is 29.3 Å². The Balaban J connectivity index is 4.42. The standard InChI is InChI=1S/C37H74NO6P/c1-3-5-7-9-11-13-15-17-19-21-23-25-27-29-31-33-37(41,36(40)44-45(42,43)38-34-35-39)32-30-28-26-24-22-20-18-16-14-12-10-8-6-4-2/h29-32,36,39-41H,3-28,33-35H2,1-2H3,(H2,38,42,43). The fourth-order valence-corrected chi connectivity index (χ4v) is 6.50. The van der Waals surface area contributed by atoms with E-state index in [1.165, 1.54) is 141 Å². The molecule has 0 aliphatic carbocycles. The second-order valence-corrected chi connectivity index (χ2v) is 14.6. The Hall–Kier alpha value is -0.530. The predicted octanol–water partition coefficient (Wildman–Crippen LogP) is 10.4. The van der Waals surface area contributed by atoms with Gasteiger partial charge in [0.15, 0.2) is 6.29 Å². The molecular formula is C37H74NO6P. The van der Waals surface area contributed by atoms with Crippen LogP contribution in [0.15, 0.2) is 24.3 Å². The Morgan fingerprint density at radius 2 is 1.02 bits per heavy atom. The van der Waals surface area contributed by atoms with E-state index in [-0.39, 0.29) is 19.6 Å². The molecule has 0 saturated carbocycles. The van der Waals surface area contributed by atoms with Crippen LogP contribution in [0.2, 0.25) is 0 Å². The number of hydrogen-bond acceptors (Lipinski definition) is 5. The minimum atomic E-state index is -4.39. The molecule has 0 aliphatic rings. The van der Waals surface area contributed by atoms with E-state index >= 15 is 0 Å². The molecule has 268 valence electrons. The summed E-state index contributed by atoms with van der Waals surface area (Å²) in [6.45, 7) is 4.00. The second-order valence-electron chi connectivity index (χ2n) is 13.0. The van der Waals surface area contributed by atoms with Gasteiger partial charge in [-0.25, -0.2) is 9.65 Å². The molecule has 45 heavy (non-hydrogen) atoms. The van der Waals surface area contributed by atoms with Gasteiger partial charge in [-0.3, -0.25) is 4.52 Å². The third-order valence-electron chi connectivity index (χ3n) is 8.56. The van der Waals surface area contributed by atoms with Gasteiger partial charge in [-0.1, -0.05) is 179 Å². The van der Waals surface area contributed by atoms with Gasteiger partial charge in [-0.05, 0) is 25.7 Å². The maximum absolute atomic E-state index is 12.2. The van der Waals surface area contributed by atoms with Crippen LogP contribution in [0.1, 0.15) is 187 Å². The van der Waals surface area contributed by atoms with Crippen LogP contribution in [0.5, 0.6) is 0 Å². The van der Waals surface area contributed by atoms with E-state index in [1.807, 2.05) is 18.2 Å². The zero-order valence-electron chi connectivity index (χ0n) is 29.4. The van der Waals surface area contributed by atoms with Gasteiger partial charge in [0.1, 0.15) is 5.60 Å². The zero-order chi connectivity index (χ0) is 33.3. The summed E-state index contributed by atoms with van der Waals surface area (Å²) in [5, 5.41) is 33.0. The van der Waals surface area contributed by atoms with Gasteiger partial charge in [-0.2, -0.15) is 0 Å². The molecule has 7 nitrogen and oxygen atoms in total. The number of aliphatic hydroxyl groups excluding tert-OH is 2. The van der Waals surface area contributed by atoms with Gasteiger partial charge in [-0.15, -0.1) is 0 Å². The highest BCUT2D eigenvalue weighted by Gasteiger charge is 2.37. The van der Waals surface area contributed by atoms with Crippen LogP contribution in [0, 0.1) is 0 Å². The molecule has 3 unspecified atom stereocenters. The van der Waals surface area contributed by atoms with Gasteiger partial charge in [0.2, 0.25) is 0 Å². The predicted molar refractivity (Wildman–Crippen MR) is 191 cm³/mol. The first-order valence-electron chi connectivity index (χ1n) is 18.9. The second kappa shape index (κ2) is 32.0. The summed E-state index contributed by atoms with van der Waals surface area (Å²) in [5.41, 5.74) is -1.83. The third kappa shape index (κ3) is 29.3. The number of hydrogen-bond donors (Lipinski definition) is 5. The Labute approximate surface area is 278 Å². The van der Waals surface area contributed by atoms with Gasteiger partial charge in [0, 0.05) is 13.0 Å². The van der Waals surface area contributed by atoms with Gasteiger partial charge < -0.3 is 20.2 Å². The lowest BCUT2D eigenvalue weighted by Gasteiger charge is -2.30. The number of allylic oxidation sites excluding steroid dienone is 2. The quantitative estimate of drug-likeness (QED) is 0.0199. The summed E-state index contributed by atoms with van der Waals surface area (Å²) >= 11 is 0. The van der Waals surface area contributed by atoms with Crippen molar-refractivity contribution in [2.75, 3.05) is 13.2 Å². The molecule has 8 heteroatoms. The van der Waals surface area contributed by atoms with Crippen LogP contribution < -0.4 is 5.09 Å². The zero-order valence-corrected chi connectivity index (χ0v) is 30.3. The fraction of sp³-hybridized carbons (Fsp3) is 0.892. The summed E-state index contributed by atoms with van der Waals surface area (Å²) in [6.07, 6.45) is 37.9. The summed E-state index contributed by atoms with van der Waals surface area (Å²) in [5.74, 6) is 0. The molecule has 0 rings (SSSR count). The Bertz CT molecular complexity index is 734. The lowest BCUT2D eigenvalue weighted by atomic mass is 9.96. The molecule has 0 fully saturated rings. The third-order valence-corrected chi connectivity index (χ3v) is 9.67. The molecule has 5 N–H and O–H groups in total. The SMILES string of the molecule is CCCCCCCCCCCCCCC=CCC(O)(C=CCCCCCCCCCCCCCC)C(O)OP(=O)(O)NCCO. The summed E-state index contributed by atoms with van der Waals surface area (Å²) in [4.78, 5) is 9.98. The van der Waals surface area contributed by atoms with Crippen molar-refractivity contribution in [1.82, 2.24) is 5.09 Å². The molecule has 0 aromatic heterocycles. The minimum absolute atomic E-state index is 0.0708. The van der Waals surface area contributed by atoms with E-state index < -0.39 is 19.6 Å². The van der Waals surface area contributed by atoms with Crippen molar-refractivity contribution >= 4 is 7.75 Å². The Morgan fingerprint density at radius 1 is 0.644 bits per heavy atom. The highest BCUT2D eigenvalue weighted by Crippen LogP contribution is 2.40. The van der Waals surface area contributed by atoms with Crippen LogP contribution in [0.3, 0.4) is 0 Å². The molecule has 0 spiro atoms. The van der Waals surface area contributed by atoms with E-state index in [4.69, 9.17) is 9.63 Å². The van der Waals surface area contributed by atoms with Crippen LogP contribution in [0.4, 0.5) is 0 Å². The highest BCUT2D eigenvalue weighted by molar-refractivity contribution is 7.50. The van der Waals surface area contributed by atoms with Gasteiger partial charge in [0.25, 0.3) is 0 Å². The van der Waals surface area contributed by atoms with Crippen molar-refractivity contribution in [2.45, 2.75) is 199 Å². The van der Waals surface area contributed by atoms with E-state index in [9.17, 15) is 19.7 Å². The van der Waals surface area contributed by atoms with Crippen molar-refractivity contribution in [1.29, 1.82) is 0 Å². The lowest BCUT2D eigenvalue weighted by Crippen LogP contribution is -2.42. The van der Waals surface area contributed by atoms with Crippen LogP contribution in [-0.2, 0) is 9.09 Å². The smallest absolute Gasteiger partial charge is 0.395 e. The average Bonchev–Trinajstić information content (AvgIpc) is 3.02. The normalized spacial score (nSPS) is 15.6. The summed E-state index contributed by atoms with van der Waals surface area (Å²) in [6, 6.07) is 0. The molecule has 0 radical (unpaired) electrons. The summed E-state index contributed by atoms with van der Waals surface area (Å²) < 4.78 is 17.2. The van der Waals surface area contributed by atoms with Gasteiger partial charge in [0.05, 0.1) is 6.61 Å². The molecule has 0 bridgehead atoms. The minimum Gasteiger partial charge on any atom is -0.395 e. The molecule has 0 aliphatic heterocycles. The lowest BCUT2D eigenvalue weighted by molar-refractivity contribution is -0.146. The van der Waals surface area contributed by atoms with E-state index in [2.05, 4.69) is 18.9 Å². The van der Waals surface area contributed by atoms with Crippen molar-refractivity contribution in [3.8, 4) is 0 Å². The first-order valence-corrected chi connectivity index (χ1v) is 20.5. The van der Waals surface area contributed by atoms with Crippen LogP contribution >= 0.6 is 7.75 Å². The topological polar surface area (TPSA) is 119 Å². The van der Waals surface area contributed by atoms with E-state index in [0.29, 0.717) is 0 Å². The molecule has 0 aromatic rings.